The van der Waals surface area contributed by atoms with Crippen molar-refractivity contribution in [1.82, 2.24) is 10.3 Å². The van der Waals surface area contributed by atoms with Gasteiger partial charge in [-0.1, -0.05) is 11.6 Å². The number of amides is 2. The van der Waals surface area contributed by atoms with E-state index < -0.39 is 5.91 Å². The van der Waals surface area contributed by atoms with Gasteiger partial charge in [0, 0.05) is 18.3 Å². The molecule has 6 nitrogen and oxygen atoms in total. The third kappa shape index (κ3) is 3.49. The van der Waals surface area contributed by atoms with Crippen LogP contribution in [0.25, 0.3) is 0 Å². The lowest BCUT2D eigenvalue weighted by molar-refractivity contribution is 0.0962. The molecule has 1 heterocycles. The van der Waals surface area contributed by atoms with Crippen molar-refractivity contribution in [2.45, 2.75) is 0 Å². The van der Waals surface area contributed by atoms with Gasteiger partial charge in [0.1, 0.15) is 5.15 Å². The number of carbonyl (C=O) groups excluding carboxylic acids is 2. The van der Waals surface area contributed by atoms with Gasteiger partial charge in [-0.15, -0.1) is 0 Å². The van der Waals surface area contributed by atoms with E-state index in [1.54, 1.807) is 31.3 Å². The van der Waals surface area contributed by atoms with Crippen LogP contribution in [-0.4, -0.2) is 23.8 Å². The number of aromatic nitrogens is 1. The molecular weight excluding hydrogens is 292 g/mol. The molecule has 4 N–H and O–H groups in total. The molecule has 0 aliphatic heterocycles. The lowest BCUT2D eigenvalue weighted by Crippen LogP contribution is -2.18. The Bertz CT molecular complexity index is 686. The van der Waals surface area contributed by atoms with E-state index in [9.17, 15) is 9.59 Å². The zero-order chi connectivity index (χ0) is 15.4. The SMILES string of the molecule is CNC(=O)c1ccc(NC(=O)c2cc(Cl)ncc2N)cc1. The van der Waals surface area contributed by atoms with E-state index in [0.717, 1.165) is 0 Å². The largest absolute Gasteiger partial charge is 0.397 e. The quantitative estimate of drug-likeness (QED) is 0.755. The minimum Gasteiger partial charge on any atom is -0.397 e. The molecule has 0 saturated carbocycles. The van der Waals surface area contributed by atoms with E-state index in [2.05, 4.69) is 15.6 Å². The van der Waals surface area contributed by atoms with Crippen LogP contribution in [0.2, 0.25) is 5.15 Å². The fourth-order valence-corrected chi connectivity index (χ4v) is 1.84. The predicted octanol–water partition coefficient (Wildman–Crippen LogP) is 1.93. The van der Waals surface area contributed by atoms with Gasteiger partial charge in [0.25, 0.3) is 11.8 Å². The van der Waals surface area contributed by atoms with E-state index in [4.69, 9.17) is 17.3 Å². The Balaban J connectivity index is 2.16. The molecule has 2 rings (SSSR count). The average molecular weight is 305 g/mol. The highest BCUT2D eigenvalue weighted by Gasteiger charge is 2.11. The Morgan fingerprint density at radius 1 is 1.19 bits per heavy atom. The average Bonchev–Trinajstić information content (AvgIpc) is 2.49. The van der Waals surface area contributed by atoms with E-state index in [-0.39, 0.29) is 22.3 Å². The summed E-state index contributed by atoms with van der Waals surface area (Å²) in [6.45, 7) is 0. The molecule has 0 radical (unpaired) electrons. The topological polar surface area (TPSA) is 97.1 Å². The van der Waals surface area contributed by atoms with Gasteiger partial charge < -0.3 is 16.4 Å². The summed E-state index contributed by atoms with van der Waals surface area (Å²) >= 11 is 5.74. The smallest absolute Gasteiger partial charge is 0.257 e. The molecule has 2 aromatic rings. The Morgan fingerprint density at radius 2 is 1.86 bits per heavy atom. The lowest BCUT2D eigenvalue weighted by Gasteiger charge is -2.08. The third-order valence-corrected chi connectivity index (χ3v) is 2.98. The molecule has 0 unspecified atom stereocenters. The molecule has 0 saturated heterocycles. The number of halogens is 1. The van der Waals surface area contributed by atoms with Crippen molar-refractivity contribution in [2.75, 3.05) is 18.1 Å². The van der Waals surface area contributed by atoms with Crippen molar-refractivity contribution in [3.8, 4) is 0 Å². The molecule has 0 aliphatic rings. The maximum Gasteiger partial charge on any atom is 0.257 e. The van der Waals surface area contributed by atoms with Gasteiger partial charge in [0.05, 0.1) is 17.4 Å². The standard InChI is InChI=1S/C14H13ClN4O2/c1-17-13(20)8-2-4-9(5-3-8)19-14(21)10-6-12(15)18-7-11(10)16/h2-7H,16H2,1H3,(H,17,20)(H,19,21). The van der Waals surface area contributed by atoms with Gasteiger partial charge in [0.15, 0.2) is 0 Å². The summed E-state index contributed by atoms with van der Waals surface area (Å²) in [7, 11) is 1.55. The number of nitrogens with two attached hydrogens (primary N) is 1. The zero-order valence-electron chi connectivity index (χ0n) is 11.2. The second kappa shape index (κ2) is 6.23. The van der Waals surface area contributed by atoms with Crippen molar-refractivity contribution in [3.63, 3.8) is 0 Å². The summed E-state index contributed by atoms with van der Waals surface area (Å²) in [5.41, 5.74) is 7.21. The first-order chi connectivity index (χ1) is 10.0. The van der Waals surface area contributed by atoms with Crippen molar-refractivity contribution < 1.29 is 9.59 Å². The number of hydrogen-bond donors (Lipinski definition) is 3. The number of pyridine rings is 1. The minimum absolute atomic E-state index is 0.185. The van der Waals surface area contributed by atoms with Crippen LogP contribution in [0.4, 0.5) is 11.4 Å². The first-order valence-electron chi connectivity index (χ1n) is 6.06. The van der Waals surface area contributed by atoms with Gasteiger partial charge in [-0.25, -0.2) is 4.98 Å². The van der Waals surface area contributed by atoms with Crippen molar-refractivity contribution >= 4 is 34.8 Å². The number of nitrogens with zero attached hydrogens (tertiary/aromatic N) is 1. The Labute approximate surface area is 126 Å². The van der Waals surface area contributed by atoms with Crippen molar-refractivity contribution in [3.05, 3.63) is 52.8 Å². The normalized spacial score (nSPS) is 10.0. The fourth-order valence-electron chi connectivity index (χ4n) is 1.68. The summed E-state index contributed by atoms with van der Waals surface area (Å²) < 4.78 is 0. The molecule has 0 fully saturated rings. The number of nitrogen functional groups attached to an aromatic ring is 1. The fraction of sp³-hybridized carbons (Fsp3) is 0.0714. The summed E-state index contributed by atoms with van der Waals surface area (Å²) in [6, 6.07) is 7.86. The number of anilines is 2. The molecule has 7 heteroatoms. The highest BCUT2D eigenvalue weighted by molar-refractivity contribution is 6.30. The molecule has 0 bridgehead atoms. The van der Waals surface area contributed by atoms with Crippen LogP contribution in [-0.2, 0) is 0 Å². The lowest BCUT2D eigenvalue weighted by atomic mass is 10.1. The minimum atomic E-state index is -0.399. The summed E-state index contributed by atoms with van der Waals surface area (Å²) in [5.74, 6) is -0.595. The van der Waals surface area contributed by atoms with Crippen LogP contribution in [0.5, 0.6) is 0 Å². The second-order valence-electron chi connectivity index (χ2n) is 4.20. The van der Waals surface area contributed by atoms with Crippen LogP contribution in [0.3, 0.4) is 0 Å². The van der Waals surface area contributed by atoms with Crippen LogP contribution in [0.15, 0.2) is 36.5 Å². The molecule has 0 atom stereocenters. The molecule has 21 heavy (non-hydrogen) atoms. The molecule has 0 spiro atoms. The van der Waals surface area contributed by atoms with Crippen LogP contribution < -0.4 is 16.4 Å². The summed E-state index contributed by atoms with van der Waals surface area (Å²) in [4.78, 5) is 27.3. The number of carbonyl (C=O) groups is 2. The molecule has 2 amide bonds. The van der Waals surface area contributed by atoms with Crippen LogP contribution in [0, 0.1) is 0 Å². The Kier molecular flexibility index (Phi) is 4.39. The molecule has 0 aliphatic carbocycles. The van der Waals surface area contributed by atoms with Gasteiger partial charge in [-0.05, 0) is 30.3 Å². The summed E-state index contributed by atoms with van der Waals surface area (Å²) in [5, 5.41) is 5.37. The third-order valence-electron chi connectivity index (χ3n) is 2.78. The van der Waals surface area contributed by atoms with Crippen LogP contribution in [0.1, 0.15) is 20.7 Å². The predicted molar refractivity (Wildman–Crippen MR) is 81.4 cm³/mol. The van der Waals surface area contributed by atoms with Gasteiger partial charge in [0.2, 0.25) is 0 Å². The maximum atomic E-state index is 12.1. The van der Waals surface area contributed by atoms with E-state index in [0.29, 0.717) is 11.3 Å². The number of benzene rings is 1. The summed E-state index contributed by atoms with van der Waals surface area (Å²) in [6.07, 6.45) is 1.33. The monoisotopic (exact) mass is 304 g/mol. The molecule has 1 aromatic carbocycles. The second-order valence-corrected chi connectivity index (χ2v) is 4.59. The highest BCUT2D eigenvalue weighted by atomic mass is 35.5. The van der Waals surface area contributed by atoms with Gasteiger partial charge in [-0.2, -0.15) is 0 Å². The first kappa shape index (κ1) is 14.8. The Morgan fingerprint density at radius 3 is 2.48 bits per heavy atom. The van der Waals surface area contributed by atoms with E-state index in [1.807, 2.05) is 0 Å². The molecule has 1 aromatic heterocycles. The van der Waals surface area contributed by atoms with E-state index in [1.165, 1.54) is 12.3 Å². The first-order valence-corrected chi connectivity index (χ1v) is 6.43. The van der Waals surface area contributed by atoms with E-state index >= 15 is 0 Å². The number of rotatable bonds is 3. The zero-order valence-corrected chi connectivity index (χ0v) is 11.9. The number of nitrogens with one attached hydrogen (secondary N) is 2. The van der Waals surface area contributed by atoms with Crippen molar-refractivity contribution in [1.29, 1.82) is 0 Å². The highest BCUT2D eigenvalue weighted by Crippen LogP contribution is 2.17. The Hall–Kier alpha value is -2.60. The van der Waals surface area contributed by atoms with Gasteiger partial charge >= 0.3 is 0 Å². The van der Waals surface area contributed by atoms with Crippen LogP contribution >= 0.6 is 11.6 Å². The molecule has 108 valence electrons. The number of hydrogen-bond acceptors (Lipinski definition) is 4. The van der Waals surface area contributed by atoms with Gasteiger partial charge in [-0.3, -0.25) is 9.59 Å². The maximum absolute atomic E-state index is 12.1. The van der Waals surface area contributed by atoms with Crippen molar-refractivity contribution in [2.24, 2.45) is 0 Å². The molecular formula is C14H13ClN4O2.